The van der Waals surface area contributed by atoms with Crippen molar-refractivity contribution in [2.45, 2.75) is 31.8 Å². The number of rotatable bonds is 9. The van der Waals surface area contributed by atoms with Gasteiger partial charge in [-0.1, -0.05) is 24.3 Å². The highest BCUT2D eigenvalue weighted by atomic mass is 19.1. The first-order chi connectivity index (χ1) is 13.8. The van der Waals surface area contributed by atoms with E-state index in [9.17, 15) is 18.8 Å². The van der Waals surface area contributed by atoms with Crippen LogP contribution in [0, 0.1) is 5.82 Å². The standard InChI is InChI=1S/C21H24FN3O4/c1-13(26)24-19(12-14-3-7-16(22)8-4-14)21(28)25-18(20(23)27)11-15-5-9-17(29-2)10-6-15/h3-10,18-19H,11-12H2,1-2H3,(H2,23,27)(H,24,26)(H,25,28)/t18-,19-/m0/s1. The lowest BCUT2D eigenvalue weighted by Gasteiger charge is -2.22. The normalized spacial score (nSPS) is 12.5. The van der Waals surface area contributed by atoms with Crippen LogP contribution < -0.4 is 21.1 Å². The van der Waals surface area contributed by atoms with E-state index in [1.165, 1.54) is 31.2 Å². The quantitative estimate of drug-likeness (QED) is 0.584. The van der Waals surface area contributed by atoms with Gasteiger partial charge in [-0.15, -0.1) is 0 Å². The molecule has 2 atom stereocenters. The Morgan fingerprint density at radius 2 is 1.45 bits per heavy atom. The van der Waals surface area contributed by atoms with Crippen LogP contribution in [0.15, 0.2) is 48.5 Å². The van der Waals surface area contributed by atoms with Crippen molar-refractivity contribution in [3.05, 3.63) is 65.5 Å². The van der Waals surface area contributed by atoms with Crippen LogP contribution in [0.25, 0.3) is 0 Å². The van der Waals surface area contributed by atoms with Gasteiger partial charge in [0.25, 0.3) is 0 Å². The smallest absolute Gasteiger partial charge is 0.243 e. The molecule has 3 amide bonds. The molecule has 2 aromatic carbocycles. The van der Waals surface area contributed by atoms with Gasteiger partial charge in [0.15, 0.2) is 0 Å². The van der Waals surface area contributed by atoms with E-state index >= 15 is 0 Å². The van der Waals surface area contributed by atoms with Gasteiger partial charge in [0.05, 0.1) is 7.11 Å². The van der Waals surface area contributed by atoms with Crippen molar-refractivity contribution in [2.75, 3.05) is 7.11 Å². The number of nitrogens with two attached hydrogens (primary N) is 1. The zero-order valence-electron chi connectivity index (χ0n) is 16.3. The van der Waals surface area contributed by atoms with Crippen molar-refractivity contribution in [2.24, 2.45) is 5.73 Å². The Morgan fingerprint density at radius 3 is 1.93 bits per heavy atom. The second kappa shape index (κ2) is 10.2. The molecule has 0 fully saturated rings. The number of hydrogen-bond donors (Lipinski definition) is 3. The van der Waals surface area contributed by atoms with Crippen LogP contribution >= 0.6 is 0 Å². The van der Waals surface area contributed by atoms with E-state index in [1.807, 2.05) is 0 Å². The molecule has 0 aliphatic rings. The Labute approximate surface area is 168 Å². The monoisotopic (exact) mass is 401 g/mol. The van der Waals surface area contributed by atoms with E-state index in [1.54, 1.807) is 31.4 Å². The summed E-state index contributed by atoms with van der Waals surface area (Å²) in [5.41, 5.74) is 6.89. The molecule has 0 unspecified atom stereocenters. The fraction of sp³-hybridized carbons (Fsp3) is 0.286. The van der Waals surface area contributed by atoms with E-state index < -0.39 is 35.6 Å². The lowest BCUT2D eigenvalue weighted by atomic mass is 10.0. The van der Waals surface area contributed by atoms with Gasteiger partial charge < -0.3 is 21.1 Å². The zero-order valence-corrected chi connectivity index (χ0v) is 16.3. The number of amides is 3. The molecule has 0 aliphatic heterocycles. The predicted molar refractivity (Wildman–Crippen MR) is 106 cm³/mol. The van der Waals surface area contributed by atoms with Gasteiger partial charge in [-0.2, -0.15) is 0 Å². The van der Waals surface area contributed by atoms with Crippen LogP contribution in [0.2, 0.25) is 0 Å². The molecule has 7 nitrogen and oxygen atoms in total. The molecule has 0 saturated heterocycles. The van der Waals surface area contributed by atoms with Crippen molar-refractivity contribution in [3.63, 3.8) is 0 Å². The topological polar surface area (TPSA) is 111 Å². The molecule has 4 N–H and O–H groups in total. The molecule has 2 aromatic rings. The highest BCUT2D eigenvalue weighted by molar-refractivity contribution is 5.91. The third-order valence-electron chi connectivity index (χ3n) is 4.31. The Bertz CT molecular complexity index is 853. The first-order valence-electron chi connectivity index (χ1n) is 9.02. The summed E-state index contributed by atoms with van der Waals surface area (Å²) in [7, 11) is 1.55. The number of hydrogen-bond acceptors (Lipinski definition) is 4. The molecular formula is C21H24FN3O4. The van der Waals surface area contributed by atoms with Crippen molar-refractivity contribution < 1.29 is 23.5 Å². The highest BCUT2D eigenvalue weighted by Crippen LogP contribution is 2.13. The zero-order chi connectivity index (χ0) is 21.4. The molecule has 0 heterocycles. The maximum atomic E-state index is 13.1. The molecule has 154 valence electrons. The molecule has 0 bridgehead atoms. The van der Waals surface area contributed by atoms with Crippen molar-refractivity contribution in [1.82, 2.24) is 10.6 Å². The van der Waals surface area contributed by atoms with E-state index in [0.29, 0.717) is 11.3 Å². The number of halogens is 1. The molecule has 2 rings (SSSR count). The summed E-state index contributed by atoms with van der Waals surface area (Å²) in [6.45, 7) is 1.29. The molecule has 0 aromatic heterocycles. The lowest BCUT2D eigenvalue weighted by molar-refractivity contribution is -0.130. The van der Waals surface area contributed by atoms with E-state index in [0.717, 1.165) is 5.56 Å². The molecule has 0 saturated carbocycles. The third-order valence-corrected chi connectivity index (χ3v) is 4.31. The van der Waals surface area contributed by atoms with Crippen LogP contribution in [0.4, 0.5) is 4.39 Å². The maximum Gasteiger partial charge on any atom is 0.243 e. The average Bonchev–Trinajstić information content (AvgIpc) is 2.68. The van der Waals surface area contributed by atoms with E-state index in [4.69, 9.17) is 10.5 Å². The number of carbonyl (C=O) groups is 3. The van der Waals surface area contributed by atoms with E-state index in [-0.39, 0.29) is 12.8 Å². The molecule has 29 heavy (non-hydrogen) atoms. The second-order valence-corrected chi connectivity index (χ2v) is 6.60. The van der Waals surface area contributed by atoms with Gasteiger partial charge in [-0.05, 0) is 35.4 Å². The van der Waals surface area contributed by atoms with Crippen molar-refractivity contribution in [3.8, 4) is 5.75 Å². The van der Waals surface area contributed by atoms with Crippen LogP contribution in [0.1, 0.15) is 18.1 Å². The SMILES string of the molecule is COc1ccc(C[C@H](NC(=O)[C@H](Cc2ccc(F)cc2)NC(C)=O)C(N)=O)cc1. The molecular weight excluding hydrogens is 377 g/mol. The minimum Gasteiger partial charge on any atom is -0.497 e. The maximum absolute atomic E-state index is 13.1. The molecule has 0 radical (unpaired) electrons. The summed E-state index contributed by atoms with van der Waals surface area (Å²) < 4.78 is 18.2. The molecule has 0 spiro atoms. The minimum atomic E-state index is -0.958. The summed E-state index contributed by atoms with van der Waals surface area (Å²) in [4.78, 5) is 36.1. The average molecular weight is 401 g/mol. The van der Waals surface area contributed by atoms with Gasteiger partial charge >= 0.3 is 0 Å². The number of primary amides is 1. The number of methoxy groups -OCH3 is 1. The van der Waals surface area contributed by atoms with Crippen LogP contribution in [0.5, 0.6) is 5.75 Å². The summed E-state index contributed by atoms with van der Waals surface area (Å²) in [6, 6.07) is 10.7. The van der Waals surface area contributed by atoms with Crippen LogP contribution in [-0.4, -0.2) is 36.9 Å². The van der Waals surface area contributed by atoms with Gasteiger partial charge in [0, 0.05) is 19.8 Å². The van der Waals surface area contributed by atoms with E-state index in [2.05, 4.69) is 10.6 Å². The Morgan fingerprint density at radius 1 is 0.931 bits per heavy atom. The number of benzene rings is 2. The minimum absolute atomic E-state index is 0.139. The van der Waals surface area contributed by atoms with Gasteiger partial charge in [0.1, 0.15) is 23.7 Å². The molecule has 0 aliphatic carbocycles. The van der Waals surface area contributed by atoms with Crippen molar-refractivity contribution >= 4 is 17.7 Å². The lowest BCUT2D eigenvalue weighted by Crippen LogP contribution is -2.54. The van der Waals surface area contributed by atoms with Gasteiger partial charge in [-0.3, -0.25) is 14.4 Å². The fourth-order valence-electron chi connectivity index (χ4n) is 2.80. The van der Waals surface area contributed by atoms with Crippen LogP contribution in [0.3, 0.4) is 0 Å². The number of carbonyl (C=O) groups excluding carboxylic acids is 3. The Balaban J connectivity index is 2.11. The third kappa shape index (κ3) is 6.91. The second-order valence-electron chi connectivity index (χ2n) is 6.60. The van der Waals surface area contributed by atoms with Gasteiger partial charge in [-0.25, -0.2) is 4.39 Å². The summed E-state index contributed by atoms with van der Waals surface area (Å²) in [6.07, 6.45) is 0.327. The Kier molecular flexibility index (Phi) is 7.70. The Hall–Kier alpha value is -3.42. The molecule has 8 heteroatoms. The fourth-order valence-corrected chi connectivity index (χ4v) is 2.80. The van der Waals surface area contributed by atoms with Crippen molar-refractivity contribution in [1.29, 1.82) is 0 Å². The van der Waals surface area contributed by atoms with Crippen LogP contribution in [-0.2, 0) is 27.2 Å². The number of nitrogens with one attached hydrogen (secondary N) is 2. The predicted octanol–water partition coefficient (Wildman–Crippen LogP) is 1.09. The number of ether oxygens (including phenoxy) is 1. The van der Waals surface area contributed by atoms with Gasteiger partial charge in [0.2, 0.25) is 17.7 Å². The largest absolute Gasteiger partial charge is 0.497 e. The first-order valence-corrected chi connectivity index (χ1v) is 9.02. The summed E-state index contributed by atoms with van der Waals surface area (Å²) in [5.74, 6) is -1.39. The summed E-state index contributed by atoms with van der Waals surface area (Å²) in [5, 5.41) is 5.15. The highest BCUT2D eigenvalue weighted by Gasteiger charge is 2.25. The summed E-state index contributed by atoms with van der Waals surface area (Å²) >= 11 is 0. The first kappa shape index (κ1) is 21.9.